The van der Waals surface area contributed by atoms with Crippen molar-refractivity contribution in [3.05, 3.63) is 41.7 Å². The fourth-order valence-corrected chi connectivity index (χ4v) is 3.02. The first kappa shape index (κ1) is 17.8. The predicted molar refractivity (Wildman–Crippen MR) is 89.9 cm³/mol. The van der Waals surface area contributed by atoms with Gasteiger partial charge in [0.1, 0.15) is 6.61 Å². The van der Waals surface area contributed by atoms with E-state index >= 15 is 0 Å². The number of benzene rings is 1. The SMILES string of the molecule is COC(=O)[C@H](C)n1nnnc1C1CCCN1C(=O)OCc1ccccc1. The van der Waals surface area contributed by atoms with E-state index in [4.69, 9.17) is 9.47 Å². The molecule has 1 unspecified atom stereocenters. The standard InChI is InChI=1S/C17H21N5O4/c1-12(16(23)25-2)22-15(18-19-20-22)14-9-6-10-21(14)17(24)26-11-13-7-4-3-5-8-13/h3-5,7-8,12,14H,6,9-11H2,1-2H3/t12-,14?/m0/s1. The van der Waals surface area contributed by atoms with Crippen molar-refractivity contribution in [3.63, 3.8) is 0 Å². The summed E-state index contributed by atoms with van der Waals surface area (Å²) in [5, 5.41) is 11.6. The van der Waals surface area contributed by atoms with Gasteiger partial charge in [-0.1, -0.05) is 30.3 Å². The van der Waals surface area contributed by atoms with Crippen LogP contribution in [0.15, 0.2) is 30.3 Å². The van der Waals surface area contributed by atoms with Crippen LogP contribution in [0, 0.1) is 0 Å². The summed E-state index contributed by atoms with van der Waals surface area (Å²) in [4.78, 5) is 25.9. The van der Waals surface area contributed by atoms with Crippen molar-refractivity contribution in [3.8, 4) is 0 Å². The van der Waals surface area contributed by atoms with Gasteiger partial charge in [-0.05, 0) is 35.8 Å². The Labute approximate surface area is 150 Å². The Balaban J connectivity index is 1.71. The molecule has 1 fully saturated rings. The third-order valence-corrected chi connectivity index (χ3v) is 4.42. The Hall–Kier alpha value is -2.97. The van der Waals surface area contributed by atoms with Gasteiger partial charge in [0.25, 0.3) is 0 Å². The van der Waals surface area contributed by atoms with Gasteiger partial charge in [0.05, 0.1) is 13.2 Å². The number of hydrogen-bond acceptors (Lipinski definition) is 7. The van der Waals surface area contributed by atoms with Crippen molar-refractivity contribution in [2.75, 3.05) is 13.7 Å². The lowest BCUT2D eigenvalue weighted by molar-refractivity contribution is -0.144. The summed E-state index contributed by atoms with van der Waals surface area (Å²) < 4.78 is 11.6. The molecule has 0 spiro atoms. The number of methoxy groups -OCH3 is 1. The van der Waals surface area contributed by atoms with Gasteiger partial charge >= 0.3 is 12.1 Å². The molecule has 26 heavy (non-hydrogen) atoms. The van der Waals surface area contributed by atoms with Crippen LogP contribution in [-0.2, 0) is 20.9 Å². The van der Waals surface area contributed by atoms with E-state index in [2.05, 4.69) is 15.5 Å². The number of ether oxygens (including phenoxy) is 2. The van der Waals surface area contributed by atoms with Crippen LogP contribution in [0.3, 0.4) is 0 Å². The second-order valence-corrected chi connectivity index (χ2v) is 6.07. The summed E-state index contributed by atoms with van der Waals surface area (Å²) in [6.45, 7) is 2.41. The molecule has 1 aromatic carbocycles. The number of likely N-dealkylation sites (tertiary alicyclic amines) is 1. The highest BCUT2D eigenvalue weighted by Crippen LogP contribution is 2.32. The Kier molecular flexibility index (Phi) is 5.45. The van der Waals surface area contributed by atoms with Crippen LogP contribution >= 0.6 is 0 Å². The largest absolute Gasteiger partial charge is 0.467 e. The quantitative estimate of drug-likeness (QED) is 0.752. The highest BCUT2D eigenvalue weighted by Gasteiger charge is 2.36. The van der Waals surface area contributed by atoms with Gasteiger partial charge in [-0.25, -0.2) is 14.3 Å². The summed E-state index contributed by atoms with van der Waals surface area (Å²) in [5.41, 5.74) is 0.917. The van der Waals surface area contributed by atoms with Crippen LogP contribution in [0.25, 0.3) is 0 Å². The fourth-order valence-electron chi connectivity index (χ4n) is 3.02. The lowest BCUT2D eigenvalue weighted by Gasteiger charge is -2.24. The van der Waals surface area contributed by atoms with E-state index in [-0.39, 0.29) is 12.6 Å². The summed E-state index contributed by atoms with van der Waals surface area (Å²) in [6, 6.07) is 8.48. The maximum atomic E-state index is 12.5. The average molecular weight is 359 g/mol. The fraction of sp³-hybridized carbons (Fsp3) is 0.471. The van der Waals surface area contributed by atoms with E-state index in [0.29, 0.717) is 18.8 Å². The molecule has 2 heterocycles. The monoisotopic (exact) mass is 359 g/mol. The lowest BCUT2D eigenvalue weighted by Crippen LogP contribution is -2.33. The number of carbonyl (C=O) groups excluding carboxylic acids is 2. The number of nitrogens with zero attached hydrogens (tertiary/aromatic N) is 5. The van der Waals surface area contributed by atoms with Crippen LogP contribution in [0.1, 0.15) is 43.2 Å². The summed E-state index contributed by atoms with van der Waals surface area (Å²) in [6.07, 6.45) is 1.09. The minimum absolute atomic E-state index is 0.201. The maximum Gasteiger partial charge on any atom is 0.410 e. The minimum atomic E-state index is -0.673. The van der Waals surface area contributed by atoms with E-state index in [0.717, 1.165) is 12.0 Å². The molecule has 138 valence electrons. The number of aromatic nitrogens is 4. The molecule has 0 saturated carbocycles. The molecule has 0 bridgehead atoms. The van der Waals surface area contributed by atoms with Crippen molar-refractivity contribution in [1.29, 1.82) is 0 Å². The molecule has 0 aliphatic carbocycles. The molecule has 1 aliphatic rings. The van der Waals surface area contributed by atoms with E-state index in [1.54, 1.807) is 11.8 Å². The van der Waals surface area contributed by atoms with E-state index in [9.17, 15) is 9.59 Å². The van der Waals surface area contributed by atoms with Crippen molar-refractivity contribution in [2.45, 2.75) is 38.5 Å². The van der Waals surface area contributed by atoms with Crippen LogP contribution in [0.2, 0.25) is 0 Å². The molecular formula is C17H21N5O4. The molecule has 0 N–H and O–H groups in total. The molecule has 1 aliphatic heterocycles. The first-order chi connectivity index (χ1) is 12.6. The molecule has 0 radical (unpaired) electrons. The number of carbonyl (C=O) groups is 2. The summed E-state index contributed by atoms with van der Waals surface area (Å²) in [7, 11) is 1.31. The Morgan fingerprint density at radius 2 is 2.08 bits per heavy atom. The first-order valence-electron chi connectivity index (χ1n) is 8.44. The van der Waals surface area contributed by atoms with Crippen LogP contribution in [0.5, 0.6) is 0 Å². The molecule has 9 nitrogen and oxygen atoms in total. The van der Waals surface area contributed by atoms with E-state index < -0.39 is 18.1 Å². The molecule has 9 heteroatoms. The molecule has 2 atom stereocenters. The Morgan fingerprint density at radius 3 is 2.81 bits per heavy atom. The predicted octanol–water partition coefficient (Wildman–Crippen LogP) is 1.88. The van der Waals surface area contributed by atoms with Crippen LogP contribution < -0.4 is 0 Å². The third-order valence-electron chi connectivity index (χ3n) is 4.42. The van der Waals surface area contributed by atoms with Crippen molar-refractivity contribution in [2.24, 2.45) is 0 Å². The Bertz CT molecular complexity index is 764. The molecular weight excluding hydrogens is 338 g/mol. The van der Waals surface area contributed by atoms with Gasteiger partial charge in [-0.2, -0.15) is 0 Å². The number of esters is 1. The van der Waals surface area contributed by atoms with Gasteiger partial charge < -0.3 is 9.47 Å². The first-order valence-corrected chi connectivity index (χ1v) is 8.44. The molecule has 1 amide bonds. The van der Waals surface area contributed by atoms with Crippen LogP contribution in [-0.4, -0.2) is 50.8 Å². The molecule has 1 saturated heterocycles. The third kappa shape index (κ3) is 3.66. The van der Waals surface area contributed by atoms with Gasteiger partial charge in [0.15, 0.2) is 11.9 Å². The molecule has 2 aromatic rings. The zero-order valence-corrected chi connectivity index (χ0v) is 14.7. The van der Waals surface area contributed by atoms with Crippen molar-refractivity contribution < 1.29 is 19.1 Å². The number of hydrogen-bond donors (Lipinski definition) is 0. The zero-order chi connectivity index (χ0) is 18.5. The highest BCUT2D eigenvalue weighted by molar-refractivity contribution is 5.73. The summed E-state index contributed by atoms with van der Waals surface area (Å²) in [5.74, 6) is 0.00631. The van der Waals surface area contributed by atoms with E-state index in [1.165, 1.54) is 11.8 Å². The minimum Gasteiger partial charge on any atom is -0.467 e. The van der Waals surface area contributed by atoms with E-state index in [1.807, 2.05) is 30.3 Å². The average Bonchev–Trinajstić information content (AvgIpc) is 3.34. The lowest BCUT2D eigenvalue weighted by atomic mass is 10.2. The topological polar surface area (TPSA) is 99.4 Å². The number of rotatable bonds is 5. The second-order valence-electron chi connectivity index (χ2n) is 6.07. The summed E-state index contributed by atoms with van der Waals surface area (Å²) >= 11 is 0. The Morgan fingerprint density at radius 1 is 1.31 bits per heavy atom. The second kappa shape index (κ2) is 7.94. The van der Waals surface area contributed by atoms with Gasteiger partial charge in [0, 0.05) is 6.54 Å². The highest BCUT2D eigenvalue weighted by atomic mass is 16.6. The number of tetrazole rings is 1. The van der Waals surface area contributed by atoms with Crippen molar-refractivity contribution in [1.82, 2.24) is 25.1 Å². The van der Waals surface area contributed by atoms with Gasteiger partial charge in [-0.15, -0.1) is 5.10 Å². The van der Waals surface area contributed by atoms with Gasteiger partial charge in [0.2, 0.25) is 0 Å². The van der Waals surface area contributed by atoms with Gasteiger partial charge in [-0.3, -0.25) is 4.90 Å². The molecule has 1 aromatic heterocycles. The maximum absolute atomic E-state index is 12.5. The molecule has 3 rings (SSSR count). The normalized spacial score (nSPS) is 17.8. The number of amides is 1. The van der Waals surface area contributed by atoms with Crippen molar-refractivity contribution >= 4 is 12.1 Å². The van der Waals surface area contributed by atoms with Crippen LogP contribution in [0.4, 0.5) is 4.79 Å². The smallest absolute Gasteiger partial charge is 0.410 e. The zero-order valence-electron chi connectivity index (χ0n) is 14.7.